The van der Waals surface area contributed by atoms with Crippen LogP contribution in [0.1, 0.15) is 427 Å². The Morgan fingerprint density at radius 3 is 0.673 bits per heavy atom. The Kier molecular flexibility index (Phi) is 70.9. The second-order valence-corrected chi connectivity index (χ2v) is 33.8. The Morgan fingerprint density at radius 2 is 0.455 bits per heavy atom. The van der Waals surface area contributed by atoms with Crippen molar-refractivity contribution in [3.8, 4) is 0 Å². The van der Waals surface area contributed by atoms with E-state index >= 15 is 0 Å². The first-order valence-electron chi connectivity index (χ1n) is 42.3. The van der Waals surface area contributed by atoms with Gasteiger partial charge in [0.2, 0.25) is 0 Å². The molecule has 0 aromatic heterocycles. The van der Waals surface area contributed by atoms with Gasteiger partial charge in [0.1, 0.15) is 19.3 Å². The Balaban J connectivity index is 5.23. The molecule has 19 heteroatoms. The predicted octanol–water partition coefficient (Wildman–Crippen LogP) is 24.5. The van der Waals surface area contributed by atoms with Gasteiger partial charge in [0.25, 0.3) is 0 Å². The third kappa shape index (κ3) is 76.1. The van der Waals surface area contributed by atoms with E-state index in [2.05, 4.69) is 48.5 Å². The number of esters is 4. The molecule has 0 spiro atoms. The van der Waals surface area contributed by atoms with Gasteiger partial charge in [-0.25, -0.2) is 9.13 Å². The maximum atomic E-state index is 13.1. The van der Waals surface area contributed by atoms with Crippen LogP contribution in [0.3, 0.4) is 0 Å². The molecule has 600 valence electrons. The Bertz CT molecular complexity index is 1960. The van der Waals surface area contributed by atoms with Crippen LogP contribution in [0.25, 0.3) is 0 Å². The smallest absolute Gasteiger partial charge is 0.462 e. The number of aliphatic hydroxyl groups excluding tert-OH is 1. The Morgan fingerprint density at radius 1 is 0.267 bits per heavy atom. The molecule has 0 saturated carbocycles. The highest BCUT2D eigenvalue weighted by molar-refractivity contribution is 7.47. The van der Waals surface area contributed by atoms with E-state index in [1.807, 2.05) is 0 Å². The van der Waals surface area contributed by atoms with Gasteiger partial charge in [-0.05, 0) is 43.4 Å². The normalized spacial score (nSPS) is 14.0. The molecule has 0 bridgehead atoms. The van der Waals surface area contributed by atoms with Crippen molar-refractivity contribution in [2.45, 2.75) is 446 Å². The molecular formula is C82H160O17P2. The maximum Gasteiger partial charge on any atom is 0.472 e. The number of unbranched alkanes of at least 4 members (excludes halogenated alkanes) is 48. The van der Waals surface area contributed by atoms with E-state index in [1.54, 1.807) is 0 Å². The van der Waals surface area contributed by atoms with Gasteiger partial charge in [-0.15, -0.1) is 0 Å². The van der Waals surface area contributed by atoms with Gasteiger partial charge in [0, 0.05) is 25.7 Å². The number of aliphatic hydroxyl groups is 1. The third-order valence-corrected chi connectivity index (χ3v) is 21.0. The zero-order chi connectivity index (χ0) is 74.4. The predicted molar refractivity (Wildman–Crippen MR) is 414 cm³/mol. The monoisotopic (exact) mass is 1480 g/mol. The molecule has 2 unspecified atom stereocenters. The maximum absolute atomic E-state index is 13.1. The first-order valence-corrected chi connectivity index (χ1v) is 45.3. The van der Waals surface area contributed by atoms with Gasteiger partial charge in [-0.3, -0.25) is 37.3 Å². The lowest BCUT2D eigenvalue weighted by molar-refractivity contribution is -0.161. The van der Waals surface area contributed by atoms with E-state index in [4.69, 9.17) is 37.0 Å². The Hall–Kier alpha value is -1.94. The second kappa shape index (κ2) is 72.3. The number of phosphoric ester groups is 2. The number of ether oxygens (including phenoxy) is 4. The minimum atomic E-state index is -4.96. The summed E-state index contributed by atoms with van der Waals surface area (Å²) in [5, 5.41) is 10.6. The van der Waals surface area contributed by atoms with Crippen molar-refractivity contribution in [1.82, 2.24) is 0 Å². The summed E-state index contributed by atoms with van der Waals surface area (Å²) in [6.07, 6.45) is 61.1. The highest BCUT2D eigenvalue weighted by Gasteiger charge is 2.30. The van der Waals surface area contributed by atoms with Crippen LogP contribution in [0.5, 0.6) is 0 Å². The molecule has 101 heavy (non-hydrogen) atoms. The largest absolute Gasteiger partial charge is 0.472 e. The van der Waals surface area contributed by atoms with Crippen molar-refractivity contribution in [1.29, 1.82) is 0 Å². The lowest BCUT2D eigenvalue weighted by Crippen LogP contribution is -2.30. The molecule has 0 heterocycles. The lowest BCUT2D eigenvalue weighted by Gasteiger charge is -2.21. The van der Waals surface area contributed by atoms with Crippen LogP contribution in [-0.4, -0.2) is 96.7 Å². The van der Waals surface area contributed by atoms with Gasteiger partial charge in [0.15, 0.2) is 12.2 Å². The van der Waals surface area contributed by atoms with Crippen molar-refractivity contribution < 1.29 is 80.2 Å². The first-order chi connectivity index (χ1) is 48.7. The van der Waals surface area contributed by atoms with Gasteiger partial charge < -0.3 is 33.8 Å². The number of hydrogen-bond acceptors (Lipinski definition) is 15. The average Bonchev–Trinajstić information content (AvgIpc) is 0.945. The standard InChI is InChI=1S/C82H160O17P2/c1-8-9-10-11-12-13-26-35-42-49-56-63-79(84)92-70-78(99-82(87)66-59-52-45-38-31-34-41-48-55-62-75(6)7)72-97-101(90,91)95-68-76(83)67-94-100(88,89)96-71-77(69-93-80(85)64-57-50-43-36-29-24-21-20-23-28-33-40-47-54-61-74(4)5)98-81(86)65-58-51-44-37-30-25-19-17-15-14-16-18-22-27-32-39-46-53-60-73(2)3/h73-78,83H,8-72H2,1-7H3,(H,88,89)(H,90,91)/t76-,77-,78-/m1/s1. The second-order valence-electron chi connectivity index (χ2n) is 30.9. The van der Waals surface area contributed by atoms with E-state index in [-0.39, 0.29) is 25.7 Å². The topological polar surface area (TPSA) is 237 Å². The molecule has 0 amide bonds. The van der Waals surface area contributed by atoms with E-state index in [0.29, 0.717) is 25.7 Å². The van der Waals surface area contributed by atoms with Crippen molar-refractivity contribution >= 4 is 39.5 Å². The number of carbonyl (C=O) groups is 4. The van der Waals surface area contributed by atoms with E-state index < -0.39 is 97.5 Å². The molecule has 17 nitrogen and oxygen atoms in total. The van der Waals surface area contributed by atoms with Crippen molar-refractivity contribution in [2.24, 2.45) is 17.8 Å². The number of hydrogen-bond donors (Lipinski definition) is 3. The summed E-state index contributed by atoms with van der Waals surface area (Å²) in [5.41, 5.74) is 0. The molecule has 3 N–H and O–H groups in total. The highest BCUT2D eigenvalue weighted by Crippen LogP contribution is 2.45. The molecule has 0 radical (unpaired) electrons. The highest BCUT2D eigenvalue weighted by atomic mass is 31.2. The summed E-state index contributed by atoms with van der Waals surface area (Å²) in [6, 6.07) is 0. The van der Waals surface area contributed by atoms with Gasteiger partial charge in [0.05, 0.1) is 26.4 Å². The fourth-order valence-corrected chi connectivity index (χ4v) is 14.2. The summed E-state index contributed by atoms with van der Waals surface area (Å²) in [6.45, 7) is 12.0. The summed E-state index contributed by atoms with van der Waals surface area (Å²) in [7, 11) is -9.92. The minimum Gasteiger partial charge on any atom is -0.462 e. The third-order valence-electron chi connectivity index (χ3n) is 19.1. The molecule has 0 saturated heterocycles. The zero-order valence-electron chi connectivity index (χ0n) is 66.4. The number of carbonyl (C=O) groups excluding carboxylic acids is 4. The van der Waals surface area contributed by atoms with Crippen LogP contribution >= 0.6 is 15.6 Å². The molecule has 0 aromatic rings. The minimum absolute atomic E-state index is 0.106. The zero-order valence-corrected chi connectivity index (χ0v) is 68.2. The number of phosphoric acid groups is 2. The Labute approximate surface area is 619 Å². The molecule has 0 rings (SSSR count). The summed E-state index contributed by atoms with van der Waals surface area (Å²) >= 11 is 0. The van der Waals surface area contributed by atoms with Crippen LogP contribution in [0.15, 0.2) is 0 Å². The SMILES string of the molecule is CCCCCCCCCCCCCC(=O)OC[C@H](COP(=O)(O)OC[C@H](O)COP(=O)(O)OC[C@@H](COC(=O)CCCCCCCCCCCCCCCCC(C)C)OC(=O)CCCCCCCCCCCCCCCCCCCCC(C)C)OC(=O)CCCCCCCCCCCC(C)C. The van der Waals surface area contributed by atoms with Crippen molar-refractivity contribution in [3.05, 3.63) is 0 Å². The molecule has 0 aliphatic carbocycles. The fourth-order valence-electron chi connectivity index (χ4n) is 12.7. The van der Waals surface area contributed by atoms with E-state index in [1.165, 1.54) is 238 Å². The molecule has 0 aliphatic heterocycles. The van der Waals surface area contributed by atoms with Crippen molar-refractivity contribution in [3.63, 3.8) is 0 Å². The molecule has 5 atom stereocenters. The fraction of sp³-hybridized carbons (Fsp3) is 0.951. The number of rotatable bonds is 80. The molecule has 0 fully saturated rings. The van der Waals surface area contributed by atoms with E-state index in [9.17, 15) is 43.2 Å². The van der Waals surface area contributed by atoms with Crippen molar-refractivity contribution in [2.75, 3.05) is 39.6 Å². The molecular weight excluding hydrogens is 1320 g/mol. The average molecular weight is 1480 g/mol. The van der Waals surface area contributed by atoms with Gasteiger partial charge in [-0.2, -0.15) is 0 Å². The molecule has 0 aromatic carbocycles. The summed E-state index contributed by atoms with van der Waals surface area (Å²) in [4.78, 5) is 73.0. The van der Waals surface area contributed by atoms with Crippen LogP contribution in [-0.2, 0) is 65.4 Å². The van der Waals surface area contributed by atoms with E-state index in [0.717, 1.165) is 108 Å². The quantitative estimate of drug-likeness (QED) is 0.0222. The summed E-state index contributed by atoms with van der Waals surface area (Å²) < 4.78 is 68.7. The first kappa shape index (κ1) is 99.1. The molecule has 0 aliphatic rings. The van der Waals surface area contributed by atoms with Crippen LogP contribution in [0.2, 0.25) is 0 Å². The summed E-state index contributed by atoms with van der Waals surface area (Å²) in [5.74, 6) is 0.246. The van der Waals surface area contributed by atoms with Gasteiger partial charge >= 0.3 is 39.5 Å². The van der Waals surface area contributed by atoms with Crippen LogP contribution < -0.4 is 0 Å². The van der Waals surface area contributed by atoms with Crippen LogP contribution in [0, 0.1) is 17.8 Å². The van der Waals surface area contributed by atoms with Crippen LogP contribution in [0.4, 0.5) is 0 Å². The van der Waals surface area contributed by atoms with Gasteiger partial charge in [-0.1, -0.05) is 376 Å². The lowest BCUT2D eigenvalue weighted by atomic mass is 10.0.